The fourth-order valence-corrected chi connectivity index (χ4v) is 9.03. The first-order chi connectivity index (χ1) is 6.93. The van der Waals surface area contributed by atoms with Gasteiger partial charge in [0.2, 0.25) is 0 Å². The molecule has 0 N–H and O–H groups in total. The molecule has 6 unspecified atom stereocenters. The zero-order valence-electron chi connectivity index (χ0n) is 8.52. The third-order valence-corrected chi connectivity index (χ3v) is 8.80. The zero-order valence-corrected chi connectivity index (χ0v) is 10.2. The SMILES string of the molecule is C1CC2SC3C4CCCC4SC3C2C1. The van der Waals surface area contributed by atoms with E-state index in [0.29, 0.717) is 0 Å². The first-order valence-electron chi connectivity index (χ1n) is 6.24. The van der Waals surface area contributed by atoms with E-state index in [1.54, 1.807) is 25.7 Å². The second-order valence-electron chi connectivity index (χ2n) is 5.47. The molecule has 4 rings (SSSR count). The van der Waals surface area contributed by atoms with Crippen LogP contribution in [-0.2, 0) is 0 Å². The average molecular weight is 226 g/mol. The largest absolute Gasteiger partial charge is 0.153 e. The molecule has 4 fully saturated rings. The van der Waals surface area contributed by atoms with Gasteiger partial charge in [-0.1, -0.05) is 12.8 Å². The summed E-state index contributed by atoms with van der Waals surface area (Å²) in [5, 5.41) is 4.34. The highest BCUT2D eigenvalue weighted by atomic mass is 32.2. The third kappa shape index (κ3) is 1.05. The van der Waals surface area contributed by atoms with Gasteiger partial charge in [0.1, 0.15) is 0 Å². The van der Waals surface area contributed by atoms with Crippen molar-refractivity contribution in [1.82, 2.24) is 0 Å². The predicted molar refractivity (Wildman–Crippen MR) is 65.0 cm³/mol. The summed E-state index contributed by atoms with van der Waals surface area (Å²) in [5.74, 6) is 2.25. The second-order valence-corrected chi connectivity index (χ2v) is 8.31. The van der Waals surface area contributed by atoms with Gasteiger partial charge in [0, 0.05) is 21.0 Å². The van der Waals surface area contributed by atoms with E-state index in [4.69, 9.17) is 0 Å². The number of rotatable bonds is 0. The number of fused-ring (bicyclic) bond motifs is 5. The number of hydrogen-bond donors (Lipinski definition) is 0. The lowest BCUT2D eigenvalue weighted by atomic mass is 9.94. The van der Waals surface area contributed by atoms with Crippen LogP contribution < -0.4 is 0 Å². The maximum absolute atomic E-state index is 2.41. The summed E-state index contributed by atoms with van der Waals surface area (Å²) in [6, 6.07) is 0. The molecule has 0 radical (unpaired) electrons. The fourth-order valence-electron chi connectivity index (χ4n) is 4.25. The van der Waals surface area contributed by atoms with Gasteiger partial charge in [0.25, 0.3) is 0 Å². The van der Waals surface area contributed by atoms with E-state index in [9.17, 15) is 0 Å². The first kappa shape index (κ1) is 8.81. The molecular formula is C12H18S2. The van der Waals surface area contributed by atoms with Crippen molar-refractivity contribution in [3.63, 3.8) is 0 Å². The van der Waals surface area contributed by atoms with Crippen LogP contribution in [0, 0.1) is 11.8 Å². The fraction of sp³-hybridized carbons (Fsp3) is 1.00. The highest BCUT2D eigenvalue weighted by Crippen LogP contribution is 2.63. The Morgan fingerprint density at radius 1 is 0.643 bits per heavy atom. The molecule has 2 saturated heterocycles. The molecule has 0 spiro atoms. The lowest BCUT2D eigenvalue weighted by Crippen LogP contribution is -2.21. The van der Waals surface area contributed by atoms with Gasteiger partial charge < -0.3 is 0 Å². The summed E-state index contributed by atoms with van der Waals surface area (Å²) in [6.07, 6.45) is 9.26. The monoisotopic (exact) mass is 226 g/mol. The second kappa shape index (κ2) is 3.10. The first-order valence-corrected chi connectivity index (χ1v) is 8.13. The molecule has 6 atom stereocenters. The van der Waals surface area contributed by atoms with Gasteiger partial charge in [-0.25, -0.2) is 0 Å². The van der Waals surface area contributed by atoms with Gasteiger partial charge >= 0.3 is 0 Å². The van der Waals surface area contributed by atoms with Crippen LogP contribution >= 0.6 is 23.5 Å². The van der Waals surface area contributed by atoms with Crippen molar-refractivity contribution in [2.75, 3.05) is 0 Å². The van der Waals surface area contributed by atoms with Gasteiger partial charge in [-0.3, -0.25) is 0 Å². The number of thioether (sulfide) groups is 2. The van der Waals surface area contributed by atoms with E-state index in [1.807, 2.05) is 0 Å². The maximum Gasteiger partial charge on any atom is 0.0211 e. The van der Waals surface area contributed by atoms with Gasteiger partial charge in [-0.2, -0.15) is 23.5 Å². The molecule has 78 valence electrons. The van der Waals surface area contributed by atoms with Gasteiger partial charge in [-0.15, -0.1) is 0 Å². The number of hydrogen-bond acceptors (Lipinski definition) is 2. The molecule has 0 aromatic heterocycles. The lowest BCUT2D eigenvalue weighted by molar-refractivity contribution is 0.491. The van der Waals surface area contributed by atoms with Crippen LogP contribution in [-0.4, -0.2) is 21.0 Å². The molecular weight excluding hydrogens is 208 g/mol. The molecule has 2 aliphatic heterocycles. The summed E-state index contributed by atoms with van der Waals surface area (Å²) >= 11 is 4.81. The summed E-state index contributed by atoms with van der Waals surface area (Å²) in [5.41, 5.74) is 0. The Balaban J connectivity index is 1.62. The highest BCUT2D eigenvalue weighted by Gasteiger charge is 2.56. The minimum Gasteiger partial charge on any atom is -0.153 e. The Labute approximate surface area is 95.0 Å². The smallest absolute Gasteiger partial charge is 0.0211 e. The van der Waals surface area contributed by atoms with Crippen LogP contribution in [0.5, 0.6) is 0 Å². The van der Waals surface area contributed by atoms with E-state index in [1.165, 1.54) is 12.8 Å². The minimum absolute atomic E-state index is 1.08. The normalized spacial score (nSPS) is 60.0. The molecule has 4 aliphatic rings. The van der Waals surface area contributed by atoms with Crippen molar-refractivity contribution >= 4 is 23.5 Å². The molecule has 0 aromatic carbocycles. The van der Waals surface area contributed by atoms with Crippen LogP contribution in [0.1, 0.15) is 38.5 Å². The van der Waals surface area contributed by atoms with Crippen molar-refractivity contribution in [1.29, 1.82) is 0 Å². The molecule has 2 saturated carbocycles. The molecule has 2 aliphatic carbocycles. The minimum atomic E-state index is 1.08. The van der Waals surface area contributed by atoms with Crippen molar-refractivity contribution in [2.24, 2.45) is 11.8 Å². The zero-order chi connectivity index (χ0) is 9.12. The molecule has 2 heteroatoms. The van der Waals surface area contributed by atoms with E-state index in [0.717, 1.165) is 32.8 Å². The van der Waals surface area contributed by atoms with Crippen molar-refractivity contribution in [3.8, 4) is 0 Å². The average Bonchev–Trinajstić information content (AvgIpc) is 2.80. The predicted octanol–water partition coefficient (Wildman–Crippen LogP) is 3.55. The Hall–Kier alpha value is 0.700. The molecule has 0 nitrogen and oxygen atoms in total. The molecule has 0 bridgehead atoms. The third-order valence-electron chi connectivity index (χ3n) is 4.84. The lowest BCUT2D eigenvalue weighted by Gasteiger charge is -2.16. The van der Waals surface area contributed by atoms with E-state index < -0.39 is 0 Å². The van der Waals surface area contributed by atoms with E-state index in [2.05, 4.69) is 23.5 Å². The summed E-state index contributed by atoms with van der Waals surface area (Å²) in [7, 11) is 0. The standard InChI is InChI=1S/C12H18S2/c1-3-7-9(5-1)13-12-8-4-2-6-10(8)14-11(7)12/h7-12H,1-6H2. The Kier molecular flexibility index (Phi) is 1.95. The summed E-state index contributed by atoms with van der Waals surface area (Å²) < 4.78 is 0. The molecule has 2 heterocycles. The summed E-state index contributed by atoms with van der Waals surface area (Å²) in [6.45, 7) is 0. The summed E-state index contributed by atoms with van der Waals surface area (Å²) in [4.78, 5) is 0. The van der Waals surface area contributed by atoms with Crippen LogP contribution in [0.3, 0.4) is 0 Å². The topological polar surface area (TPSA) is 0 Å². The molecule has 14 heavy (non-hydrogen) atoms. The van der Waals surface area contributed by atoms with Crippen LogP contribution in [0.2, 0.25) is 0 Å². The maximum atomic E-state index is 2.41. The van der Waals surface area contributed by atoms with Gasteiger partial charge in [0.05, 0.1) is 0 Å². The molecule has 0 amide bonds. The van der Waals surface area contributed by atoms with Gasteiger partial charge in [0.15, 0.2) is 0 Å². The van der Waals surface area contributed by atoms with E-state index in [-0.39, 0.29) is 0 Å². The van der Waals surface area contributed by atoms with E-state index >= 15 is 0 Å². The van der Waals surface area contributed by atoms with Gasteiger partial charge in [-0.05, 0) is 37.5 Å². The van der Waals surface area contributed by atoms with Crippen molar-refractivity contribution in [2.45, 2.75) is 59.5 Å². The Morgan fingerprint density at radius 3 is 1.64 bits per heavy atom. The van der Waals surface area contributed by atoms with Crippen LogP contribution in [0.25, 0.3) is 0 Å². The molecule has 0 aromatic rings. The van der Waals surface area contributed by atoms with Crippen molar-refractivity contribution in [3.05, 3.63) is 0 Å². The highest BCUT2D eigenvalue weighted by molar-refractivity contribution is 8.06. The quantitative estimate of drug-likeness (QED) is 0.619. The van der Waals surface area contributed by atoms with Crippen LogP contribution in [0.4, 0.5) is 0 Å². The Morgan fingerprint density at radius 2 is 1.14 bits per heavy atom. The Bertz CT molecular complexity index is 227. The van der Waals surface area contributed by atoms with Crippen LogP contribution in [0.15, 0.2) is 0 Å². The van der Waals surface area contributed by atoms with Crippen molar-refractivity contribution < 1.29 is 0 Å².